The Morgan fingerprint density at radius 3 is 2.48 bits per heavy atom. The molecule has 0 spiro atoms. The van der Waals surface area contributed by atoms with Gasteiger partial charge >= 0.3 is 5.97 Å². The minimum absolute atomic E-state index is 0.101. The summed E-state index contributed by atoms with van der Waals surface area (Å²) in [4.78, 5) is 25.4. The Kier molecular flexibility index (Phi) is 8.51. The lowest BCUT2D eigenvalue weighted by atomic mass is 10.2. The van der Waals surface area contributed by atoms with Crippen LogP contribution in [0.15, 0.2) is 53.4 Å². The molecule has 31 heavy (non-hydrogen) atoms. The first-order valence-corrected chi connectivity index (χ1v) is 11.5. The molecule has 0 atom stereocenters. The Hall–Kier alpha value is -2.35. The Balaban J connectivity index is 1.52. The average Bonchev–Trinajstić information content (AvgIpc) is 3.01. The van der Waals surface area contributed by atoms with E-state index < -0.39 is 5.97 Å². The Bertz CT molecular complexity index is 974. The topological polar surface area (TPSA) is 66.8 Å². The molecule has 8 heteroatoms. The van der Waals surface area contributed by atoms with Gasteiger partial charge in [0.1, 0.15) is 16.7 Å². The van der Waals surface area contributed by atoms with Crippen LogP contribution in [0, 0.1) is 0 Å². The minimum Gasteiger partial charge on any atom is -0.489 e. The third-order valence-electron chi connectivity index (χ3n) is 4.64. The van der Waals surface area contributed by atoms with Gasteiger partial charge in [-0.1, -0.05) is 66.3 Å². The largest absolute Gasteiger partial charge is 0.489 e. The molecule has 0 unspecified atom stereocenters. The van der Waals surface area contributed by atoms with E-state index in [2.05, 4.69) is 0 Å². The number of nitrogens with zero attached hydrogens (tertiary/aromatic N) is 1. The van der Waals surface area contributed by atoms with Crippen LogP contribution in [0.25, 0.3) is 6.08 Å². The SMILES string of the molecule is O=C(O)CCCCCN1C(=O)C(=Cc2ccc(OCc3ccc(Cl)cc3)cc2)SC1=S. The zero-order valence-corrected chi connectivity index (χ0v) is 19.1. The van der Waals surface area contributed by atoms with Gasteiger partial charge in [0.05, 0.1) is 4.91 Å². The first-order valence-electron chi connectivity index (χ1n) is 9.87. The maximum atomic E-state index is 12.7. The molecule has 0 aromatic heterocycles. The summed E-state index contributed by atoms with van der Waals surface area (Å²) in [5.74, 6) is -0.160. The highest BCUT2D eigenvalue weighted by atomic mass is 35.5. The smallest absolute Gasteiger partial charge is 0.303 e. The Labute approximate surface area is 196 Å². The standard InChI is InChI=1S/C23H22ClNO4S2/c24-18-9-5-17(6-10-18)15-29-19-11-7-16(8-12-19)14-20-22(28)25(23(30)31-20)13-3-1-2-4-21(26)27/h5-12,14H,1-4,13,15H2,(H,26,27). The number of hydrogen-bond donors (Lipinski definition) is 1. The third kappa shape index (κ3) is 7.09. The second-order valence-corrected chi connectivity index (χ2v) is 9.13. The monoisotopic (exact) mass is 475 g/mol. The van der Waals surface area contributed by atoms with E-state index in [0.29, 0.717) is 33.8 Å². The van der Waals surface area contributed by atoms with Crippen molar-refractivity contribution >= 4 is 57.9 Å². The number of carboxylic acid groups (broad SMARTS) is 1. The van der Waals surface area contributed by atoms with Gasteiger partial charge in [0.2, 0.25) is 0 Å². The molecule has 1 heterocycles. The molecule has 0 radical (unpaired) electrons. The number of thioether (sulfide) groups is 1. The molecule has 0 saturated carbocycles. The van der Waals surface area contributed by atoms with Gasteiger partial charge in [-0.3, -0.25) is 14.5 Å². The van der Waals surface area contributed by atoms with E-state index in [-0.39, 0.29) is 12.3 Å². The number of aliphatic carboxylic acids is 1. The van der Waals surface area contributed by atoms with Crippen LogP contribution < -0.4 is 4.74 Å². The van der Waals surface area contributed by atoms with Crippen molar-refractivity contribution in [1.82, 2.24) is 4.90 Å². The van der Waals surface area contributed by atoms with E-state index in [9.17, 15) is 9.59 Å². The molecular formula is C23H22ClNO4S2. The lowest BCUT2D eigenvalue weighted by Crippen LogP contribution is -2.29. The molecule has 1 aliphatic rings. The fraction of sp³-hybridized carbons (Fsp3) is 0.261. The van der Waals surface area contributed by atoms with Gasteiger partial charge in [0, 0.05) is 18.0 Å². The van der Waals surface area contributed by atoms with E-state index >= 15 is 0 Å². The van der Waals surface area contributed by atoms with Gasteiger partial charge in [-0.25, -0.2) is 0 Å². The summed E-state index contributed by atoms with van der Waals surface area (Å²) in [6, 6.07) is 15.0. The molecular weight excluding hydrogens is 454 g/mol. The fourth-order valence-corrected chi connectivity index (χ4v) is 4.41. The number of amides is 1. The van der Waals surface area contributed by atoms with E-state index in [1.165, 1.54) is 11.8 Å². The normalized spacial score (nSPS) is 15.0. The molecule has 0 bridgehead atoms. The Morgan fingerprint density at radius 1 is 1.10 bits per heavy atom. The fourth-order valence-electron chi connectivity index (χ4n) is 2.97. The number of thiocarbonyl (C=S) groups is 1. The van der Waals surface area contributed by atoms with E-state index in [4.69, 9.17) is 33.7 Å². The number of ether oxygens (including phenoxy) is 1. The summed E-state index contributed by atoms with van der Waals surface area (Å²) in [5.41, 5.74) is 1.92. The number of unbranched alkanes of at least 4 members (excludes halogenated alkanes) is 2. The van der Waals surface area contributed by atoms with E-state index in [0.717, 1.165) is 29.7 Å². The zero-order chi connectivity index (χ0) is 22.2. The quantitative estimate of drug-likeness (QED) is 0.267. The summed E-state index contributed by atoms with van der Waals surface area (Å²) in [7, 11) is 0. The molecule has 1 amide bonds. The van der Waals surface area contributed by atoms with Crippen LogP contribution in [0.4, 0.5) is 0 Å². The average molecular weight is 476 g/mol. The van der Waals surface area contributed by atoms with Crippen LogP contribution in [-0.4, -0.2) is 32.7 Å². The number of halogens is 1. The summed E-state index contributed by atoms with van der Waals surface area (Å²) < 4.78 is 6.33. The van der Waals surface area contributed by atoms with Crippen LogP contribution in [0.1, 0.15) is 36.8 Å². The lowest BCUT2D eigenvalue weighted by molar-refractivity contribution is -0.137. The number of rotatable bonds is 10. The van der Waals surface area contributed by atoms with Crippen molar-refractivity contribution < 1.29 is 19.4 Å². The molecule has 1 N–H and O–H groups in total. The van der Waals surface area contributed by atoms with Gasteiger partial charge < -0.3 is 9.84 Å². The van der Waals surface area contributed by atoms with E-state index in [1.807, 2.05) is 54.6 Å². The number of benzene rings is 2. The first kappa shape index (κ1) is 23.3. The van der Waals surface area contributed by atoms with Crippen molar-refractivity contribution in [2.24, 2.45) is 0 Å². The van der Waals surface area contributed by atoms with Gasteiger partial charge in [-0.05, 0) is 54.3 Å². The maximum absolute atomic E-state index is 12.7. The van der Waals surface area contributed by atoms with Crippen molar-refractivity contribution in [2.45, 2.75) is 32.3 Å². The third-order valence-corrected chi connectivity index (χ3v) is 6.27. The van der Waals surface area contributed by atoms with Gasteiger partial charge in [0.15, 0.2) is 0 Å². The molecule has 0 aliphatic carbocycles. The van der Waals surface area contributed by atoms with Gasteiger partial charge in [0.25, 0.3) is 5.91 Å². The zero-order valence-electron chi connectivity index (χ0n) is 16.8. The summed E-state index contributed by atoms with van der Waals surface area (Å²) in [5, 5.41) is 9.37. The molecule has 1 aliphatic heterocycles. The lowest BCUT2D eigenvalue weighted by Gasteiger charge is -2.13. The molecule has 5 nitrogen and oxygen atoms in total. The summed E-state index contributed by atoms with van der Waals surface area (Å²) >= 11 is 12.5. The minimum atomic E-state index is -0.796. The molecule has 3 rings (SSSR count). The Morgan fingerprint density at radius 2 is 1.81 bits per heavy atom. The molecule has 2 aromatic carbocycles. The highest BCUT2D eigenvalue weighted by Gasteiger charge is 2.31. The summed E-state index contributed by atoms with van der Waals surface area (Å²) in [6.07, 6.45) is 4.06. The second-order valence-electron chi connectivity index (χ2n) is 7.02. The van der Waals surface area contributed by atoms with Crippen molar-refractivity contribution in [1.29, 1.82) is 0 Å². The predicted octanol–water partition coefficient (Wildman–Crippen LogP) is 5.77. The highest BCUT2D eigenvalue weighted by Crippen LogP contribution is 2.33. The van der Waals surface area contributed by atoms with E-state index in [1.54, 1.807) is 4.90 Å². The molecule has 2 aromatic rings. The van der Waals surface area contributed by atoms with Crippen LogP contribution >= 0.6 is 35.6 Å². The van der Waals surface area contributed by atoms with Crippen molar-refractivity contribution in [2.75, 3.05) is 6.54 Å². The van der Waals surface area contributed by atoms with Crippen LogP contribution in [0.2, 0.25) is 5.02 Å². The predicted molar refractivity (Wildman–Crippen MR) is 128 cm³/mol. The highest BCUT2D eigenvalue weighted by molar-refractivity contribution is 8.26. The molecule has 1 saturated heterocycles. The van der Waals surface area contributed by atoms with Crippen molar-refractivity contribution in [3.8, 4) is 5.75 Å². The second kappa shape index (κ2) is 11.3. The number of hydrogen-bond acceptors (Lipinski definition) is 5. The van der Waals surface area contributed by atoms with Crippen LogP contribution in [0.3, 0.4) is 0 Å². The van der Waals surface area contributed by atoms with Gasteiger partial charge in [-0.2, -0.15) is 0 Å². The van der Waals surface area contributed by atoms with Crippen molar-refractivity contribution in [3.05, 3.63) is 69.6 Å². The number of carbonyl (C=O) groups excluding carboxylic acids is 1. The number of carboxylic acids is 1. The maximum Gasteiger partial charge on any atom is 0.303 e. The van der Waals surface area contributed by atoms with Crippen molar-refractivity contribution in [3.63, 3.8) is 0 Å². The van der Waals surface area contributed by atoms with Crippen LogP contribution in [0.5, 0.6) is 5.75 Å². The molecule has 1 fully saturated rings. The van der Waals surface area contributed by atoms with Crippen LogP contribution in [-0.2, 0) is 16.2 Å². The molecule has 162 valence electrons. The summed E-state index contributed by atoms with van der Waals surface area (Å²) in [6.45, 7) is 0.959. The van der Waals surface area contributed by atoms with Gasteiger partial charge in [-0.15, -0.1) is 0 Å². The number of carbonyl (C=O) groups is 2. The first-order chi connectivity index (χ1) is 14.9.